The second-order valence-corrected chi connectivity index (χ2v) is 6.55. The van der Waals surface area contributed by atoms with Crippen molar-refractivity contribution in [1.82, 2.24) is 0 Å². The highest BCUT2D eigenvalue weighted by molar-refractivity contribution is 7.12. The van der Waals surface area contributed by atoms with Gasteiger partial charge in [-0.05, 0) is 0 Å². The summed E-state index contributed by atoms with van der Waals surface area (Å²) in [5.74, 6) is 0. The van der Waals surface area contributed by atoms with E-state index in [0.29, 0.717) is 0 Å². The Morgan fingerprint density at radius 3 is 1.92 bits per heavy atom. The number of alkyl halides is 3. The van der Waals surface area contributed by atoms with E-state index in [-0.39, 0.29) is 6.04 Å². The summed E-state index contributed by atoms with van der Waals surface area (Å²) in [6, 6.07) is -0.287. The zero-order valence-corrected chi connectivity index (χ0v) is 8.50. The molecule has 0 atom stereocenters. The number of rotatable bonds is 4. The number of halogens is 4. The summed E-state index contributed by atoms with van der Waals surface area (Å²) in [7, 11) is -0.557. The van der Waals surface area contributed by atoms with Crippen LogP contribution >= 0.6 is 11.1 Å². The summed E-state index contributed by atoms with van der Waals surface area (Å²) < 4.78 is 44.5. The maximum atomic E-state index is 11.7. The predicted molar refractivity (Wildman–Crippen MR) is 41.1 cm³/mol. The van der Waals surface area contributed by atoms with Gasteiger partial charge in [0.25, 0.3) is 0 Å². The lowest BCUT2D eigenvalue weighted by Gasteiger charge is -2.19. The molecule has 0 aliphatic heterocycles. The predicted octanol–water partition coefficient (Wildman–Crippen LogP) is 2.41. The van der Waals surface area contributed by atoms with Crippen LogP contribution in [-0.2, 0) is 8.85 Å². The number of hydrogen-bond acceptors (Lipinski definition) is 2. The van der Waals surface area contributed by atoms with Gasteiger partial charge >= 0.3 is 14.0 Å². The van der Waals surface area contributed by atoms with Crippen molar-refractivity contribution in [3.05, 3.63) is 0 Å². The Hall–Kier alpha value is 0.217. The van der Waals surface area contributed by atoms with Crippen LogP contribution in [0.4, 0.5) is 13.2 Å². The Balaban J connectivity index is 3.89. The second kappa shape index (κ2) is 4.45. The molecule has 7 heteroatoms. The molecular weight excluding hydrogens is 213 g/mol. The zero-order chi connectivity index (χ0) is 9.83. The van der Waals surface area contributed by atoms with Crippen LogP contribution in [0, 0.1) is 0 Å². The lowest BCUT2D eigenvalue weighted by atomic mass is 10.5. The van der Waals surface area contributed by atoms with Crippen molar-refractivity contribution in [2.45, 2.75) is 18.6 Å². The first-order chi connectivity index (χ1) is 5.33. The third-order valence-electron chi connectivity index (χ3n) is 1.32. The molecule has 0 spiro atoms. The summed E-state index contributed by atoms with van der Waals surface area (Å²) in [6.07, 6.45) is -5.17. The van der Waals surface area contributed by atoms with Crippen molar-refractivity contribution >= 4 is 18.9 Å². The van der Waals surface area contributed by atoms with Gasteiger partial charge in [-0.1, -0.05) is 11.1 Å². The van der Waals surface area contributed by atoms with Crippen molar-refractivity contribution in [3.63, 3.8) is 0 Å². The molecule has 0 saturated heterocycles. The zero-order valence-electron chi connectivity index (χ0n) is 6.74. The molecule has 2 nitrogen and oxygen atoms in total. The van der Waals surface area contributed by atoms with Gasteiger partial charge in [-0.3, -0.25) is 0 Å². The third kappa shape index (κ3) is 4.97. The van der Waals surface area contributed by atoms with E-state index < -0.39 is 20.5 Å². The van der Waals surface area contributed by atoms with Gasteiger partial charge in [-0.15, -0.1) is 0 Å². The Bertz CT molecular complexity index is 137. The minimum atomic E-state index is -4.20. The first-order valence-electron chi connectivity index (χ1n) is 3.19. The van der Waals surface area contributed by atoms with Crippen LogP contribution in [0.1, 0.15) is 6.42 Å². The van der Waals surface area contributed by atoms with E-state index in [4.69, 9.17) is 11.1 Å². The van der Waals surface area contributed by atoms with Gasteiger partial charge in [0, 0.05) is 26.7 Å². The van der Waals surface area contributed by atoms with Crippen LogP contribution in [0.2, 0.25) is 6.04 Å². The second-order valence-electron chi connectivity index (χ2n) is 2.18. The first-order valence-corrected chi connectivity index (χ1v) is 6.22. The molecule has 0 aromatic heterocycles. The van der Waals surface area contributed by atoms with Crippen LogP contribution in [0.15, 0.2) is 0 Å². The fourth-order valence-corrected chi connectivity index (χ4v) is 2.02. The molecule has 0 aromatic carbocycles. The minimum Gasteiger partial charge on any atom is -0.386 e. The van der Waals surface area contributed by atoms with E-state index in [2.05, 4.69) is 8.85 Å². The van der Waals surface area contributed by atoms with Crippen molar-refractivity contribution in [2.24, 2.45) is 0 Å². The normalized spacial score (nSPS) is 13.5. The van der Waals surface area contributed by atoms with Gasteiger partial charge in [0.05, 0.1) is 0 Å². The smallest absolute Gasteiger partial charge is 0.386 e. The molecule has 0 unspecified atom stereocenters. The van der Waals surface area contributed by atoms with Gasteiger partial charge in [-0.25, -0.2) is 0 Å². The summed E-state index contributed by atoms with van der Waals surface area (Å²) >= 11 is 5.61. The van der Waals surface area contributed by atoms with Gasteiger partial charge in [0.1, 0.15) is 0 Å². The van der Waals surface area contributed by atoms with Crippen molar-refractivity contribution in [1.29, 1.82) is 0 Å². The summed E-state index contributed by atoms with van der Waals surface area (Å²) in [4.78, 5) is 0. The molecule has 0 saturated carbocycles. The molecule has 12 heavy (non-hydrogen) atoms. The van der Waals surface area contributed by atoms with Crippen LogP contribution in [0.5, 0.6) is 0 Å². The van der Waals surface area contributed by atoms with Crippen molar-refractivity contribution in [2.75, 3.05) is 14.2 Å². The van der Waals surface area contributed by atoms with Gasteiger partial charge < -0.3 is 8.85 Å². The molecule has 74 valence electrons. The minimum absolute atomic E-state index is 0.287. The summed E-state index contributed by atoms with van der Waals surface area (Å²) in [5, 5.41) is 0. The monoisotopic (exact) mass is 222 g/mol. The van der Waals surface area contributed by atoms with E-state index in [9.17, 15) is 13.2 Å². The molecule has 0 amide bonds. The van der Waals surface area contributed by atoms with E-state index in [1.807, 2.05) is 0 Å². The van der Waals surface area contributed by atoms with Gasteiger partial charge in [0.2, 0.25) is 0 Å². The molecule has 0 aliphatic rings. The maximum Gasteiger partial charge on any atom is 0.442 e. The average Bonchev–Trinajstić information content (AvgIpc) is 1.99. The Labute approximate surface area is 74.6 Å². The molecule has 0 aliphatic carbocycles. The highest BCUT2D eigenvalue weighted by Gasteiger charge is 2.39. The molecule has 0 bridgehead atoms. The topological polar surface area (TPSA) is 18.5 Å². The fraction of sp³-hybridized carbons (Fsp3) is 1.00. The summed E-state index contributed by atoms with van der Waals surface area (Å²) in [6.45, 7) is 0. The van der Waals surface area contributed by atoms with Crippen LogP contribution < -0.4 is 0 Å². The molecule has 0 N–H and O–H groups in total. The van der Waals surface area contributed by atoms with Gasteiger partial charge in [0.15, 0.2) is 0 Å². The molecule has 0 aromatic rings. The third-order valence-corrected chi connectivity index (χ3v) is 4.88. The van der Waals surface area contributed by atoms with Crippen molar-refractivity contribution in [3.8, 4) is 0 Å². The van der Waals surface area contributed by atoms with Crippen molar-refractivity contribution < 1.29 is 22.0 Å². The van der Waals surface area contributed by atoms with Gasteiger partial charge in [-0.2, -0.15) is 13.2 Å². The molecule has 0 radical (unpaired) electrons. The Morgan fingerprint density at radius 1 is 1.25 bits per heavy atom. The summed E-state index contributed by atoms with van der Waals surface area (Å²) in [5.41, 5.74) is 0. The van der Waals surface area contributed by atoms with Crippen LogP contribution in [0.3, 0.4) is 0 Å². The van der Waals surface area contributed by atoms with E-state index in [1.165, 1.54) is 14.2 Å². The van der Waals surface area contributed by atoms with Crippen LogP contribution in [-0.4, -0.2) is 28.3 Å². The van der Waals surface area contributed by atoms with E-state index >= 15 is 0 Å². The average molecular weight is 223 g/mol. The molecule has 0 rings (SSSR count). The lowest BCUT2D eigenvalue weighted by Crippen LogP contribution is -2.34. The molecule has 0 fully saturated rings. The standard InChI is InChI=1S/C5H10ClF3O2Si/c1-10-12(6,11-2)4-3-5(7,8)9/h3-4H2,1-2H3. The molecule has 0 heterocycles. The maximum absolute atomic E-state index is 11.7. The van der Waals surface area contributed by atoms with E-state index in [0.717, 1.165) is 0 Å². The quantitative estimate of drug-likeness (QED) is 0.537. The van der Waals surface area contributed by atoms with E-state index in [1.54, 1.807) is 0 Å². The lowest BCUT2D eigenvalue weighted by molar-refractivity contribution is -0.131. The fourth-order valence-electron chi connectivity index (χ4n) is 0.579. The largest absolute Gasteiger partial charge is 0.442 e. The molecular formula is C5H10ClF3O2Si. The highest BCUT2D eigenvalue weighted by atomic mass is 35.6. The highest BCUT2D eigenvalue weighted by Crippen LogP contribution is 2.28. The first kappa shape index (κ1) is 12.2. The Kier molecular flexibility index (Phi) is 4.53. The van der Waals surface area contributed by atoms with Crippen LogP contribution in [0.25, 0.3) is 0 Å². The Morgan fingerprint density at radius 2 is 1.67 bits per heavy atom. The SMILES string of the molecule is CO[Si](Cl)(CCC(F)(F)F)OC. The number of hydrogen-bond donors (Lipinski definition) is 0.